The van der Waals surface area contributed by atoms with Crippen molar-refractivity contribution in [1.82, 2.24) is 0 Å². The van der Waals surface area contributed by atoms with E-state index in [9.17, 15) is 25.0 Å². The van der Waals surface area contributed by atoms with Gasteiger partial charge in [0.2, 0.25) is 0 Å². The average Bonchev–Trinajstić information content (AvgIpc) is 3.09. The average molecular weight is 645 g/mol. The Morgan fingerprint density at radius 2 is 0.935 bits per heavy atom. The summed E-state index contributed by atoms with van der Waals surface area (Å²) in [6.45, 7) is 4.05. The van der Waals surface area contributed by atoms with Crippen molar-refractivity contribution in [3.63, 3.8) is 0 Å². The molecule has 0 saturated carbocycles. The van der Waals surface area contributed by atoms with Gasteiger partial charge in [-0.2, -0.15) is 0 Å². The molecule has 4 aliphatic heterocycles. The summed E-state index contributed by atoms with van der Waals surface area (Å²) in [5.41, 5.74) is -0.860. The van der Waals surface area contributed by atoms with Gasteiger partial charge in [-0.25, -0.2) is 4.79 Å². The molecule has 46 heavy (non-hydrogen) atoms. The molecule has 4 fully saturated rings. The highest BCUT2D eigenvalue weighted by Gasteiger charge is 2.51. The molecule has 0 bridgehead atoms. The van der Waals surface area contributed by atoms with E-state index in [0.29, 0.717) is 115 Å². The van der Waals surface area contributed by atoms with Crippen LogP contribution in [0.15, 0.2) is 46.8 Å². The van der Waals surface area contributed by atoms with E-state index in [0.717, 1.165) is 0 Å². The predicted octanol–water partition coefficient (Wildman–Crippen LogP) is 5.31. The van der Waals surface area contributed by atoms with Gasteiger partial charge in [0.15, 0.2) is 0 Å². The van der Waals surface area contributed by atoms with E-state index in [2.05, 4.69) is 0 Å². The number of hydrogen-bond acceptors (Lipinski definition) is 11. The van der Waals surface area contributed by atoms with E-state index >= 15 is 0 Å². The maximum Gasteiger partial charge on any atom is 0.510 e. The first-order valence-corrected chi connectivity index (χ1v) is 16.7. The van der Waals surface area contributed by atoms with Crippen molar-refractivity contribution in [3.8, 4) is 0 Å². The third-order valence-corrected chi connectivity index (χ3v) is 10.8. The number of carbonyl (C=O) groups is 1. The zero-order chi connectivity index (χ0) is 32.1. The summed E-state index contributed by atoms with van der Waals surface area (Å²) in [4.78, 5) is 37.8. The number of nitrogens with zero attached hydrogens (tertiary/aromatic N) is 2. The van der Waals surface area contributed by atoms with Gasteiger partial charge in [0.25, 0.3) is 11.4 Å². The van der Waals surface area contributed by atoms with Crippen LogP contribution in [0.2, 0.25) is 0 Å². The van der Waals surface area contributed by atoms with Crippen LogP contribution >= 0.6 is 0 Å². The fourth-order valence-corrected chi connectivity index (χ4v) is 8.27. The van der Waals surface area contributed by atoms with Crippen LogP contribution < -0.4 is 0 Å². The van der Waals surface area contributed by atoms with Gasteiger partial charge in [-0.1, -0.05) is 0 Å². The molecule has 252 valence electrons. The first-order valence-electron chi connectivity index (χ1n) is 16.7. The molecule has 13 heteroatoms. The Morgan fingerprint density at radius 1 is 0.609 bits per heavy atom. The van der Waals surface area contributed by atoms with Crippen LogP contribution in [0, 0.1) is 43.9 Å². The Kier molecular flexibility index (Phi) is 10.2. The molecular weight excluding hydrogens is 600 g/mol. The minimum Gasteiger partial charge on any atom is -0.423 e. The second-order valence-electron chi connectivity index (χ2n) is 13.3. The molecule has 2 atom stereocenters. The molecule has 4 saturated heterocycles. The summed E-state index contributed by atoms with van der Waals surface area (Å²) in [5.74, 6) is -0.373. The lowest BCUT2D eigenvalue weighted by Crippen LogP contribution is -2.50. The van der Waals surface area contributed by atoms with Crippen LogP contribution in [0.5, 0.6) is 0 Å². The highest BCUT2D eigenvalue weighted by molar-refractivity contribution is 5.63. The van der Waals surface area contributed by atoms with Crippen LogP contribution in [-0.2, 0) is 28.4 Å². The Balaban J connectivity index is 1.31. The summed E-state index contributed by atoms with van der Waals surface area (Å²) in [6.07, 6.45) is 11.0. The third kappa shape index (κ3) is 6.92. The molecule has 0 amide bonds. The van der Waals surface area contributed by atoms with Crippen LogP contribution in [0.4, 0.5) is 4.79 Å². The summed E-state index contributed by atoms with van der Waals surface area (Å²) >= 11 is 0. The second kappa shape index (κ2) is 14.3. The summed E-state index contributed by atoms with van der Waals surface area (Å²) in [6, 6.07) is 0. The minimum absolute atomic E-state index is 0.0546. The SMILES string of the molecule is O=C(OC1(C2CCOCC2)C=CC([N+](=O)[O-])=C(C2CCOCC2)C1)OC1(C2CCOCC2)C=CC([N+](=O)[O-])=C(C2CCOCC2)C1. The standard InChI is InChI=1S/C33H44N2O11/c36-31(45-32(25-7-17-43-18-8-25)11-1-29(34(37)38)27(21-32)23-3-13-41-14-4-23)46-33(26-9-19-44-20-10-26)12-2-30(35(39)40)28(22-33)24-5-15-42-16-6-24/h1-2,11-12,23-26H,3-10,13-22H2. The molecule has 6 rings (SSSR count). The molecule has 0 aromatic carbocycles. The summed E-state index contributed by atoms with van der Waals surface area (Å²) in [7, 11) is 0. The van der Waals surface area contributed by atoms with Gasteiger partial charge in [-0.15, -0.1) is 0 Å². The fourth-order valence-electron chi connectivity index (χ4n) is 8.27. The first kappa shape index (κ1) is 32.8. The van der Waals surface area contributed by atoms with Crippen molar-refractivity contribution in [1.29, 1.82) is 0 Å². The van der Waals surface area contributed by atoms with E-state index < -0.39 is 17.4 Å². The maximum absolute atomic E-state index is 14.2. The molecule has 0 radical (unpaired) electrons. The van der Waals surface area contributed by atoms with Crippen LogP contribution in [0.1, 0.15) is 64.2 Å². The lowest BCUT2D eigenvalue weighted by atomic mass is 9.71. The Labute approximate surface area is 268 Å². The van der Waals surface area contributed by atoms with Gasteiger partial charge in [-0.05, 0) is 75.4 Å². The van der Waals surface area contributed by atoms with Gasteiger partial charge in [0.05, 0.1) is 9.85 Å². The summed E-state index contributed by atoms with van der Waals surface area (Å²) in [5, 5.41) is 24.3. The van der Waals surface area contributed by atoms with Crippen molar-refractivity contribution < 1.29 is 43.1 Å². The molecule has 0 aromatic heterocycles. The van der Waals surface area contributed by atoms with Crippen LogP contribution in [0.25, 0.3) is 0 Å². The first-order chi connectivity index (χ1) is 22.3. The fraction of sp³-hybridized carbons (Fsp3) is 0.727. The Hall–Kier alpha value is -3.13. The topological polar surface area (TPSA) is 159 Å². The zero-order valence-electron chi connectivity index (χ0n) is 26.2. The monoisotopic (exact) mass is 644 g/mol. The predicted molar refractivity (Wildman–Crippen MR) is 163 cm³/mol. The molecule has 0 spiro atoms. The molecule has 2 aliphatic carbocycles. The molecule has 0 aromatic rings. The van der Waals surface area contributed by atoms with Crippen LogP contribution in [0.3, 0.4) is 0 Å². The van der Waals surface area contributed by atoms with Crippen molar-refractivity contribution >= 4 is 6.16 Å². The minimum atomic E-state index is -1.16. The number of rotatable bonds is 8. The largest absolute Gasteiger partial charge is 0.510 e. The second-order valence-corrected chi connectivity index (χ2v) is 13.3. The number of carbonyl (C=O) groups excluding carboxylic acids is 1. The lowest BCUT2D eigenvalue weighted by molar-refractivity contribution is -0.421. The van der Waals surface area contributed by atoms with Crippen molar-refractivity contribution in [2.24, 2.45) is 23.7 Å². The van der Waals surface area contributed by atoms with Crippen LogP contribution in [-0.4, -0.2) is 80.1 Å². The highest BCUT2D eigenvalue weighted by Crippen LogP contribution is 2.48. The highest BCUT2D eigenvalue weighted by atomic mass is 16.7. The van der Waals surface area contributed by atoms with Gasteiger partial charge >= 0.3 is 6.16 Å². The summed E-state index contributed by atoms with van der Waals surface area (Å²) < 4.78 is 35.2. The number of hydrogen-bond donors (Lipinski definition) is 0. The Bertz CT molecular complexity index is 1190. The maximum atomic E-state index is 14.2. The van der Waals surface area contributed by atoms with E-state index in [1.54, 1.807) is 12.2 Å². The molecule has 2 unspecified atom stereocenters. The number of allylic oxidation sites excluding steroid dienone is 2. The molecular formula is C33H44N2O11. The van der Waals surface area contributed by atoms with E-state index in [1.165, 1.54) is 12.2 Å². The van der Waals surface area contributed by atoms with Gasteiger partial charge < -0.3 is 28.4 Å². The third-order valence-electron chi connectivity index (χ3n) is 10.8. The lowest BCUT2D eigenvalue weighted by Gasteiger charge is -2.45. The number of ether oxygens (including phenoxy) is 6. The molecule has 13 nitrogen and oxygen atoms in total. The van der Waals surface area contributed by atoms with Gasteiger partial charge in [0, 0.05) is 101 Å². The van der Waals surface area contributed by atoms with Crippen molar-refractivity contribution in [2.75, 3.05) is 52.9 Å². The van der Waals surface area contributed by atoms with E-state index in [-0.39, 0.29) is 57.8 Å². The number of nitro groups is 2. The quantitative estimate of drug-likeness (QED) is 0.192. The smallest absolute Gasteiger partial charge is 0.423 e. The van der Waals surface area contributed by atoms with E-state index in [1.807, 2.05) is 0 Å². The normalized spacial score (nSPS) is 30.8. The molecule has 4 heterocycles. The Morgan fingerprint density at radius 3 is 1.26 bits per heavy atom. The van der Waals surface area contributed by atoms with Gasteiger partial charge in [0.1, 0.15) is 11.2 Å². The molecule has 6 aliphatic rings. The van der Waals surface area contributed by atoms with Crippen molar-refractivity contribution in [2.45, 2.75) is 75.4 Å². The molecule has 0 N–H and O–H groups in total. The van der Waals surface area contributed by atoms with Crippen molar-refractivity contribution in [3.05, 3.63) is 67.1 Å². The zero-order valence-corrected chi connectivity index (χ0v) is 26.2. The van der Waals surface area contributed by atoms with E-state index in [4.69, 9.17) is 28.4 Å². The van der Waals surface area contributed by atoms with Gasteiger partial charge in [-0.3, -0.25) is 20.2 Å².